The molecule has 0 bridgehead atoms. The fraction of sp³-hybridized carbons (Fsp3) is 0.429. The third-order valence-corrected chi connectivity index (χ3v) is 4.47. The number of aryl methyl sites for hydroxylation is 2. The third kappa shape index (κ3) is 3.44. The molecule has 1 aliphatic heterocycles. The van der Waals surface area contributed by atoms with Crippen LogP contribution in [0.4, 0.5) is 0 Å². The minimum Gasteiger partial charge on any atom is -0.489 e. The van der Waals surface area contributed by atoms with Gasteiger partial charge in [-0.15, -0.1) is 10.2 Å². The van der Waals surface area contributed by atoms with Gasteiger partial charge in [0, 0.05) is 19.2 Å². The molecule has 21 heavy (non-hydrogen) atoms. The van der Waals surface area contributed by atoms with Gasteiger partial charge in [-0.25, -0.2) is 0 Å². The molecule has 0 atom stereocenters. The van der Waals surface area contributed by atoms with Crippen LogP contribution >= 0.6 is 23.4 Å². The Bertz CT molecular complexity index is 633. The van der Waals surface area contributed by atoms with E-state index in [1.54, 1.807) is 18.1 Å². The molecule has 1 aromatic carbocycles. The van der Waals surface area contributed by atoms with E-state index >= 15 is 0 Å². The molecule has 0 unspecified atom stereocenters. The largest absolute Gasteiger partial charge is 0.489 e. The zero-order chi connectivity index (χ0) is 14.7. The van der Waals surface area contributed by atoms with Crippen molar-refractivity contribution in [3.05, 3.63) is 29.0 Å². The average Bonchev–Trinajstić information content (AvgIpc) is 2.73. The standard InChI is InChI=1S/C14H16ClN3O2S/c1-18-9-16-17-14(18)21-6-3-10-7-11(15)13-12(8-10)19-4-2-5-20-13/h7-9H,2-6H2,1H3. The lowest BCUT2D eigenvalue weighted by atomic mass is 10.1. The van der Waals surface area contributed by atoms with Crippen molar-refractivity contribution in [2.45, 2.75) is 18.0 Å². The first kappa shape index (κ1) is 14.5. The predicted octanol–water partition coefficient (Wildman–Crippen LogP) is 2.96. The summed E-state index contributed by atoms with van der Waals surface area (Å²) in [6, 6.07) is 3.97. The van der Waals surface area contributed by atoms with Gasteiger partial charge in [-0.3, -0.25) is 0 Å². The molecule has 0 N–H and O–H groups in total. The Labute approximate surface area is 132 Å². The fourth-order valence-corrected chi connectivity index (χ4v) is 3.26. The molecule has 1 aliphatic rings. The Hall–Kier alpha value is -1.40. The Morgan fingerprint density at radius 1 is 1.33 bits per heavy atom. The summed E-state index contributed by atoms with van der Waals surface area (Å²) in [6.07, 6.45) is 3.46. The van der Waals surface area contributed by atoms with Crippen LogP contribution in [0, 0.1) is 0 Å². The topological polar surface area (TPSA) is 49.2 Å². The average molecular weight is 326 g/mol. The SMILES string of the molecule is Cn1cnnc1SCCc1cc(Cl)c2c(c1)OCCCO2. The normalized spacial score (nSPS) is 14.0. The maximum atomic E-state index is 6.29. The van der Waals surface area contributed by atoms with Crippen molar-refractivity contribution in [2.24, 2.45) is 7.05 Å². The summed E-state index contributed by atoms with van der Waals surface area (Å²) in [5.74, 6) is 2.32. The van der Waals surface area contributed by atoms with Crippen molar-refractivity contribution in [3.63, 3.8) is 0 Å². The molecule has 0 aliphatic carbocycles. The van der Waals surface area contributed by atoms with Gasteiger partial charge < -0.3 is 14.0 Å². The highest BCUT2D eigenvalue weighted by atomic mass is 35.5. The lowest BCUT2D eigenvalue weighted by molar-refractivity contribution is 0.297. The van der Waals surface area contributed by atoms with Gasteiger partial charge in [0.2, 0.25) is 0 Å². The minimum absolute atomic E-state index is 0.619. The van der Waals surface area contributed by atoms with E-state index in [4.69, 9.17) is 21.1 Å². The van der Waals surface area contributed by atoms with Crippen molar-refractivity contribution in [3.8, 4) is 11.5 Å². The van der Waals surface area contributed by atoms with Crippen LogP contribution in [0.15, 0.2) is 23.6 Å². The van der Waals surface area contributed by atoms with Crippen molar-refractivity contribution in [1.29, 1.82) is 0 Å². The van der Waals surface area contributed by atoms with E-state index in [-0.39, 0.29) is 0 Å². The van der Waals surface area contributed by atoms with Crippen molar-refractivity contribution >= 4 is 23.4 Å². The Morgan fingerprint density at radius 2 is 2.19 bits per heavy atom. The van der Waals surface area contributed by atoms with Gasteiger partial charge >= 0.3 is 0 Å². The van der Waals surface area contributed by atoms with Crippen LogP contribution < -0.4 is 9.47 Å². The summed E-state index contributed by atoms with van der Waals surface area (Å²) >= 11 is 7.96. The summed E-state index contributed by atoms with van der Waals surface area (Å²) in [5.41, 5.74) is 1.14. The van der Waals surface area contributed by atoms with Gasteiger partial charge in [0.15, 0.2) is 16.7 Å². The number of ether oxygens (including phenoxy) is 2. The maximum absolute atomic E-state index is 6.29. The van der Waals surface area contributed by atoms with Gasteiger partial charge in [0.1, 0.15) is 6.33 Å². The van der Waals surface area contributed by atoms with E-state index in [1.165, 1.54) is 0 Å². The zero-order valence-electron chi connectivity index (χ0n) is 11.7. The molecule has 0 saturated heterocycles. The molecular formula is C14H16ClN3O2S. The second-order valence-corrected chi connectivity index (χ2v) is 6.25. The number of hydrogen-bond acceptors (Lipinski definition) is 5. The van der Waals surface area contributed by atoms with Crippen molar-refractivity contribution in [1.82, 2.24) is 14.8 Å². The molecule has 0 saturated carbocycles. The predicted molar refractivity (Wildman–Crippen MR) is 82.5 cm³/mol. The molecule has 5 nitrogen and oxygen atoms in total. The van der Waals surface area contributed by atoms with Crippen LogP contribution in [0.2, 0.25) is 5.02 Å². The van der Waals surface area contributed by atoms with Gasteiger partial charge in [0.05, 0.1) is 18.2 Å². The fourth-order valence-electron chi connectivity index (χ4n) is 2.09. The van der Waals surface area contributed by atoms with Crippen LogP contribution in [-0.2, 0) is 13.5 Å². The van der Waals surface area contributed by atoms with E-state index in [1.807, 2.05) is 23.7 Å². The number of halogens is 1. The summed E-state index contributed by atoms with van der Waals surface area (Å²) in [4.78, 5) is 0. The molecule has 0 amide bonds. The third-order valence-electron chi connectivity index (χ3n) is 3.15. The minimum atomic E-state index is 0.619. The zero-order valence-corrected chi connectivity index (χ0v) is 13.3. The number of hydrogen-bond donors (Lipinski definition) is 0. The first-order valence-electron chi connectivity index (χ1n) is 6.79. The molecule has 0 spiro atoms. The molecule has 7 heteroatoms. The van der Waals surface area contributed by atoms with Crippen LogP contribution in [0.1, 0.15) is 12.0 Å². The highest BCUT2D eigenvalue weighted by molar-refractivity contribution is 7.99. The molecule has 2 heterocycles. The summed E-state index contributed by atoms with van der Waals surface area (Å²) < 4.78 is 13.2. The monoisotopic (exact) mass is 325 g/mol. The summed E-state index contributed by atoms with van der Waals surface area (Å²) in [5, 5.41) is 9.45. The molecular weight excluding hydrogens is 310 g/mol. The molecule has 112 valence electrons. The Kier molecular flexibility index (Phi) is 4.55. The second kappa shape index (κ2) is 6.58. The summed E-state index contributed by atoms with van der Waals surface area (Å²) in [7, 11) is 1.94. The van der Waals surface area contributed by atoms with E-state index in [2.05, 4.69) is 10.2 Å². The van der Waals surface area contributed by atoms with Crippen molar-refractivity contribution < 1.29 is 9.47 Å². The summed E-state index contributed by atoms with van der Waals surface area (Å²) in [6.45, 7) is 1.31. The van der Waals surface area contributed by atoms with E-state index in [0.29, 0.717) is 24.0 Å². The molecule has 1 aromatic heterocycles. The number of benzene rings is 1. The lowest BCUT2D eigenvalue weighted by Crippen LogP contribution is -1.97. The Balaban J connectivity index is 1.67. The number of rotatable bonds is 4. The second-order valence-electron chi connectivity index (χ2n) is 4.78. The van der Waals surface area contributed by atoms with Gasteiger partial charge in [-0.05, 0) is 24.1 Å². The highest BCUT2D eigenvalue weighted by Gasteiger charge is 2.15. The van der Waals surface area contributed by atoms with E-state index in [0.717, 1.165) is 35.1 Å². The number of fused-ring (bicyclic) bond motifs is 1. The van der Waals surface area contributed by atoms with Gasteiger partial charge in [-0.2, -0.15) is 0 Å². The Morgan fingerprint density at radius 3 is 3.00 bits per heavy atom. The molecule has 2 aromatic rings. The van der Waals surface area contributed by atoms with Crippen LogP contribution in [0.3, 0.4) is 0 Å². The van der Waals surface area contributed by atoms with Gasteiger partial charge in [0.25, 0.3) is 0 Å². The molecule has 3 rings (SSSR count). The highest BCUT2D eigenvalue weighted by Crippen LogP contribution is 2.38. The number of thioether (sulfide) groups is 1. The van der Waals surface area contributed by atoms with Crippen LogP contribution in [-0.4, -0.2) is 33.7 Å². The lowest BCUT2D eigenvalue weighted by Gasteiger charge is -2.11. The number of nitrogens with zero attached hydrogens (tertiary/aromatic N) is 3. The van der Waals surface area contributed by atoms with Crippen LogP contribution in [0.5, 0.6) is 11.5 Å². The number of aromatic nitrogens is 3. The maximum Gasteiger partial charge on any atom is 0.190 e. The van der Waals surface area contributed by atoms with E-state index < -0.39 is 0 Å². The molecule has 0 radical (unpaired) electrons. The first-order valence-corrected chi connectivity index (χ1v) is 8.15. The van der Waals surface area contributed by atoms with Gasteiger partial charge in [-0.1, -0.05) is 23.4 Å². The van der Waals surface area contributed by atoms with E-state index in [9.17, 15) is 0 Å². The smallest absolute Gasteiger partial charge is 0.190 e. The van der Waals surface area contributed by atoms with Crippen LogP contribution in [0.25, 0.3) is 0 Å². The molecule has 0 fully saturated rings. The quantitative estimate of drug-likeness (QED) is 0.809. The van der Waals surface area contributed by atoms with Crippen molar-refractivity contribution in [2.75, 3.05) is 19.0 Å². The first-order chi connectivity index (χ1) is 10.2.